The molecular weight excluding hydrogens is 389 g/mol. The van der Waals surface area contributed by atoms with E-state index in [1.165, 1.54) is 7.11 Å². The molecule has 6 nitrogen and oxygen atoms in total. The van der Waals surface area contributed by atoms with Crippen LogP contribution in [0, 0.1) is 0 Å². The summed E-state index contributed by atoms with van der Waals surface area (Å²) in [5.41, 5.74) is 0.995. The van der Waals surface area contributed by atoms with Crippen molar-refractivity contribution in [3.63, 3.8) is 0 Å². The van der Waals surface area contributed by atoms with Crippen molar-refractivity contribution >= 4 is 46.4 Å². The molecule has 0 fully saturated rings. The number of carbonyl (C=O) groups excluding carboxylic acids is 2. The number of methoxy groups -OCH3 is 1. The molecule has 0 radical (unpaired) electrons. The second-order valence-corrected chi connectivity index (χ2v) is 6.80. The van der Waals surface area contributed by atoms with Crippen LogP contribution in [-0.2, 0) is 9.59 Å². The standard InChI is InChI=1S/C19H21Cl2N3O3/c1-12(19(26)23-16-10-13(20)8-9-17(16)27-3)24(2)11-18(25)22-15-7-5-4-6-14(15)21/h4-10,12H,11H2,1-3H3,(H,22,25)(H,23,26)/t12-/m0/s1. The second kappa shape index (κ2) is 9.60. The van der Waals surface area contributed by atoms with E-state index in [2.05, 4.69) is 10.6 Å². The molecule has 0 unspecified atom stereocenters. The lowest BCUT2D eigenvalue weighted by Gasteiger charge is -2.23. The monoisotopic (exact) mass is 409 g/mol. The fourth-order valence-electron chi connectivity index (χ4n) is 2.33. The molecule has 8 heteroatoms. The van der Waals surface area contributed by atoms with E-state index in [-0.39, 0.29) is 18.4 Å². The Labute approximate surface area is 168 Å². The van der Waals surface area contributed by atoms with Gasteiger partial charge in [-0.2, -0.15) is 0 Å². The summed E-state index contributed by atoms with van der Waals surface area (Å²) in [7, 11) is 3.19. The topological polar surface area (TPSA) is 70.7 Å². The van der Waals surface area contributed by atoms with Gasteiger partial charge in [0.1, 0.15) is 5.75 Å². The Morgan fingerprint density at radius 3 is 2.48 bits per heavy atom. The van der Waals surface area contributed by atoms with Crippen molar-refractivity contribution in [2.24, 2.45) is 0 Å². The number of nitrogens with zero attached hydrogens (tertiary/aromatic N) is 1. The minimum absolute atomic E-state index is 0.0203. The molecule has 2 aromatic rings. The van der Waals surface area contributed by atoms with Crippen molar-refractivity contribution in [3.8, 4) is 5.75 Å². The van der Waals surface area contributed by atoms with Crippen molar-refractivity contribution < 1.29 is 14.3 Å². The van der Waals surface area contributed by atoms with Gasteiger partial charge in [-0.25, -0.2) is 0 Å². The maximum Gasteiger partial charge on any atom is 0.241 e. The normalized spacial score (nSPS) is 11.8. The van der Waals surface area contributed by atoms with Gasteiger partial charge in [0.2, 0.25) is 11.8 Å². The number of amides is 2. The maximum atomic E-state index is 12.5. The van der Waals surface area contributed by atoms with Crippen molar-refractivity contribution in [1.82, 2.24) is 4.90 Å². The number of benzene rings is 2. The summed E-state index contributed by atoms with van der Waals surface area (Å²) >= 11 is 12.0. The molecule has 0 saturated carbocycles. The van der Waals surface area contributed by atoms with Crippen LogP contribution in [0.4, 0.5) is 11.4 Å². The van der Waals surface area contributed by atoms with E-state index in [0.29, 0.717) is 27.2 Å². The van der Waals surface area contributed by atoms with Crippen LogP contribution in [0.2, 0.25) is 10.0 Å². The van der Waals surface area contributed by atoms with Crippen LogP contribution in [0.25, 0.3) is 0 Å². The Kier molecular flexibility index (Phi) is 7.47. The van der Waals surface area contributed by atoms with E-state index in [0.717, 1.165) is 0 Å². The maximum absolute atomic E-state index is 12.5. The number of likely N-dealkylation sites (N-methyl/N-ethyl adjacent to an activating group) is 1. The number of para-hydroxylation sites is 1. The van der Waals surface area contributed by atoms with E-state index in [9.17, 15) is 9.59 Å². The number of anilines is 2. The van der Waals surface area contributed by atoms with E-state index < -0.39 is 6.04 Å². The first-order chi connectivity index (χ1) is 12.8. The Morgan fingerprint density at radius 1 is 1.11 bits per heavy atom. The lowest BCUT2D eigenvalue weighted by atomic mass is 10.2. The van der Waals surface area contributed by atoms with Gasteiger partial charge in [0, 0.05) is 5.02 Å². The molecule has 0 spiro atoms. The Balaban J connectivity index is 1.97. The third-order valence-electron chi connectivity index (χ3n) is 4.00. The fourth-order valence-corrected chi connectivity index (χ4v) is 2.69. The third-order valence-corrected chi connectivity index (χ3v) is 4.57. The zero-order chi connectivity index (χ0) is 20.0. The van der Waals surface area contributed by atoms with E-state index in [4.69, 9.17) is 27.9 Å². The molecule has 2 N–H and O–H groups in total. The van der Waals surface area contributed by atoms with Gasteiger partial charge in [-0.1, -0.05) is 35.3 Å². The van der Waals surface area contributed by atoms with Crippen molar-refractivity contribution in [1.29, 1.82) is 0 Å². The van der Waals surface area contributed by atoms with Gasteiger partial charge >= 0.3 is 0 Å². The number of rotatable bonds is 7. The lowest BCUT2D eigenvalue weighted by molar-refractivity contribution is -0.122. The molecule has 0 heterocycles. The summed E-state index contributed by atoms with van der Waals surface area (Å²) in [5.74, 6) is -0.0618. The summed E-state index contributed by atoms with van der Waals surface area (Å²) in [6.07, 6.45) is 0. The zero-order valence-corrected chi connectivity index (χ0v) is 16.8. The Hall–Kier alpha value is -2.28. The van der Waals surface area contributed by atoms with Gasteiger partial charge in [0.15, 0.2) is 0 Å². The molecular formula is C19H21Cl2N3O3. The number of nitrogens with one attached hydrogen (secondary N) is 2. The predicted octanol–water partition coefficient (Wildman–Crippen LogP) is 3.90. The van der Waals surface area contributed by atoms with Crippen molar-refractivity contribution in [2.75, 3.05) is 31.3 Å². The first kappa shape index (κ1) is 21.0. The Bertz CT molecular complexity index is 830. The average Bonchev–Trinajstić information content (AvgIpc) is 2.63. The molecule has 0 aliphatic rings. The van der Waals surface area contributed by atoms with Gasteiger partial charge in [-0.3, -0.25) is 14.5 Å². The second-order valence-electron chi connectivity index (χ2n) is 5.95. The molecule has 0 aliphatic carbocycles. The van der Waals surface area contributed by atoms with E-state index in [1.54, 1.807) is 61.3 Å². The highest BCUT2D eigenvalue weighted by Gasteiger charge is 2.21. The molecule has 2 rings (SSSR count). The van der Waals surface area contributed by atoms with Gasteiger partial charge in [-0.05, 0) is 44.3 Å². The van der Waals surface area contributed by atoms with E-state index in [1.807, 2.05) is 0 Å². The van der Waals surface area contributed by atoms with Crippen LogP contribution in [0.15, 0.2) is 42.5 Å². The minimum atomic E-state index is -0.564. The first-order valence-corrected chi connectivity index (χ1v) is 8.96. The highest BCUT2D eigenvalue weighted by atomic mass is 35.5. The third kappa shape index (κ3) is 5.85. The van der Waals surface area contributed by atoms with Gasteiger partial charge < -0.3 is 15.4 Å². The minimum Gasteiger partial charge on any atom is -0.495 e. The number of halogens is 2. The molecule has 2 aromatic carbocycles. The summed E-state index contributed by atoms with van der Waals surface area (Å²) in [6.45, 7) is 1.72. The fraction of sp³-hybridized carbons (Fsp3) is 0.263. The lowest BCUT2D eigenvalue weighted by Crippen LogP contribution is -2.43. The van der Waals surface area contributed by atoms with Crippen LogP contribution >= 0.6 is 23.2 Å². The van der Waals surface area contributed by atoms with E-state index >= 15 is 0 Å². The highest BCUT2D eigenvalue weighted by molar-refractivity contribution is 6.33. The van der Waals surface area contributed by atoms with Gasteiger partial charge in [-0.15, -0.1) is 0 Å². The van der Waals surface area contributed by atoms with Gasteiger partial charge in [0.25, 0.3) is 0 Å². The van der Waals surface area contributed by atoms with Crippen LogP contribution in [-0.4, -0.2) is 43.5 Å². The number of ether oxygens (including phenoxy) is 1. The largest absolute Gasteiger partial charge is 0.495 e. The van der Waals surface area contributed by atoms with Crippen LogP contribution in [0.1, 0.15) is 6.92 Å². The summed E-state index contributed by atoms with van der Waals surface area (Å²) in [5, 5.41) is 6.43. The molecule has 0 aromatic heterocycles. The van der Waals surface area contributed by atoms with Crippen molar-refractivity contribution in [3.05, 3.63) is 52.5 Å². The molecule has 2 amide bonds. The first-order valence-electron chi connectivity index (χ1n) is 8.21. The quantitative estimate of drug-likeness (QED) is 0.727. The SMILES string of the molecule is COc1ccc(Cl)cc1NC(=O)[C@H](C)N(C)CC(=O)Nc1ccccc1Cl. The summed E-state index contributed by atoms with van der Waals surface area (Å²) in [6, 6.07) is 11.3. The Morgan fingerprint density at radius 2 is 1.81 bits per heavy atom. The summed E-state index contributed by atoms with van der Waals surface area (Å²) in [4.78, 5) is 26.4. The van der Waals surface area contributed by atoms with Crippen LogP contribution < -0.4 is 15.4 Å². The summed E-state index contributed by atoms with van der Waals surface area (Å²) < 4.78 is 5.22. The molecule has 0 aliphatic heterocycles. The highest BCUT2D eigenvalue weighted by Crippen LogP contribution is 2.28. The molecule has 0 bridgehead atoms. The molecule has 0 saturated heterocycles. The molecule has 144 valence electrons. The predicted molar refractivity (Wildman–Crippen MR) is 109 cm³/mol. The average molecular weight is 410 g/mol. The molecule has 27 heavy (non-hydrogen) atoms. The van der Waals surface area contributed by atoms with Crippen LogP contribution in [0.5, 0.6) is 5.75 Å². The van der Waals surface area contributed by atoms with Gasteiger partial charge in [0.05, 0.1) is 36.1 Å². The van der Waals surface area contributed by atoms with Crippen LogP contribution in [0.3, 0.4) is 0 Å². The smallest absolute Gasteiger partial charge is 0.241 e. The number of carbonyl (C=O) groups is 2. The van der Waals surface area contributed by atoms with Crippen molar-refractivity contribution in [2.45, 2.75) is 13.0 Å². The molecule has 1 atom stereocenters. The number of hydrogen-bond acceptors (Lipinski definition) is 4. The zero-order valence-electron chi connectivity index (χ0n) is 15.3. The number of hydrogen-bond donors (Lipinski definition) is 2.